The maximum Gasteiger partial charge on any atom is 0.259 e. The molecule has 8 nitrogen and oxygen atoms in total. The Morgan fingerprint density at radius 3 is 2.50 bits per heavy atom. The number of likely N-dealkylation sites (tertiary alicyclic amines) is 1. The molecule has 0 radical (unpaired) electrons. The molecule has 1 saturated heterocycles. The molecule has 1 aliphatic rings. The van der Waals surface area contributed by atoms with Crippen LogP contribution >= 0.6 is 0 Å². The van der Waals surface area contributed by atoms with Crippen molar-refractivity contribution in [3.63, 3.8) is 0 Å². The van der Waals surface area contributed by atoms with E-state index in [4.69, 9.17) is 0 Å². The lowest BCUT2D eigenvalue weighted by molar-refractivity contribution is 0.0710. The third-order valence-corrected chi connectivity index (χ3v) is 5.19. The van der Waals surface area contributed by atoms with Crippen LogP contribution in [0.4, 0.5) is 0 Å². The molecule has 0 N–H and O–H groups in total. The number of hydrogen-bond acceptors (Lipinski definition) is 4. The van der Waals surface area contributed by atoms with E-state index < -0.39 is 0 Å². The number of rotatable bonds is 3. The van der Waals surface area contributed by atoms with Crippen molar-refractivity contribution in [2.24, 2.45) is 14.1 Å². The molecule has 0 spiro atoms. The summed E-state index contributed by atoms with van der Waals surface area (Å²) in [6, 6.07) is 3.92. The third-order valence-electron chi connectivity index (χ3n) is 5.19. The first-order chi connectivity index (χ1) is 12.6. The smallest absolute Gasteiger partial charge is 0.259 e. The summed E-state index contributed by atoms with van der Waals surface area (Å²) in [5.74, 6) is 1.20. The van der Waals surface area contributed by atoms with E-state index in [1.54, 1.807) is 15.6 Å². The molecule has 4 rings (SSSR count). The van der Waals surface area contributed by atoms with Crippen LogP contribution in [-0.2, 0) is 14.1 Å². The SMILES string of the molecule is Cc1nn(C)c(-n2cccn2)c1C(=O)N1CCC(c2ccnn2C)CC1. The second kappa shape index (κ2) is 6.44. The van der Waals surface area contributed by atoms with Gasteiger partial charge in [0.1, 0.15) is 5.56 Å². The van der Waals surface area contributed by atoms with E-state index in [-0.39, 0.29) is 5.91 Å². The number of aromatic nitrogens is 6. The maximum absolute atomic E-state index is 13.2. The van der Waals surface area contributed by atoms with Gasteiger partial charge in [-0.15, -0.1) is 0 Å². The summed E-state index contributed by atoms with van der Waals surface area (Å²) in [7, 11) is 3.82. The van der Waals surface area contributed by atoms with Gasteiger partial charge in [0.25, 0.3) is 5.91 Å². The highest BCUT2D eigenvalue weighted by Crippen LogP contribution is 2.29. The van der Waals surface area contributed by atoms with Crippen LogP contribution in [0.1, 0.15) is 40.5 Å². The molecule has 136 valence electrons. The van der Waals surface area contributed by atoms with Crippen LogP contribution in [0.25, 0.3) is 5.82 Å². The third kappa shape index (κ3) is 2.71. The molecular formula is C18H23N7O. The largest absolute Gasteiger partial charge is 0.338 e. The molecule has 26 heavy (non-hydrogen) atoms. The van der Waals surface area contributed by atoms with Gasteiger partial charge in [-0.05, 0) is 31.9 Å². The quantitative estimate of drug-likeness (QED) is 0.718. The zero-order chi connectivity index (χ0) is 18.3. The monoisotopic (exact) mass is 353 g/mol. The van der Waals surface area contributed by atoms with E-state index in [9.17, 15) is 4.79 Å². The molecule has 0 unspecified atom stereocenters. The number of aryl methyl sites for hydroxylation is 3. The van der Waals surface area contributed by atoms with Gasteiger partial charge in [-0.1, -0.05) is 0 Å². The van der Waals surface area contributed by atoms with Gasteiger partial charge in [-0.3, -0.25) is 9.48 Å². The fraction of sp³-hybridized carbons (Fsp3) is 0.444. The van der Waals surface area contributed by atoms with Crippen LogP contribution < -0.4 is 0 Å². The van der Waals surface area contributed by atoms with Crippen molar-refractivity contribution in [2.45, 2.75) is 25.7 Å². The van der Waals surface area contributed by atoms with Crippen molar-refractivity contribution in [2.75, 3.05) is 13.1 Å². The molecule has 0 aromatic carbocycles. The number of nitrogens with zero attached hydrogens (tertiary/aromatic N) is 7. The van der Waals surface area contributed by atoms with Crippen LogP contribution in [0.15, 0.2) is 30.7 Å². The number of carbonyl (C=O) groups excluding carboxylic acids is 1. The molecule has 0 atom stereocenters. The van der Waals surface area contributed by atoms with Gasteiger partial charge in [-0.25, -0.2) is 9.36 Å². The fourth-order valence-electron chi connectivity index (χ4n) is 3.87. The number of amides is 1. The molecule has 3 aromatic heterocycles. The molecular weight excluding hydrogens is 330 g/mol. The average molecular weight is 353 g/mol. The van der Waals surface area contributed by atoms with Crippen LogP contribution in [0.5, 0.6) is 0 Å². The first-order valence-electron chi connectivity index (χ1n) is 8.87. The van der Waals surface area contributed by atoms with Crippen LogP contribution in [0.2, 0.25) is 0 Å². The summed E-state index contributed by atoms with van der Waals surface area (Å²) in [4.78, 5) is 15.2. The summed E-state index contributed by atoms with van der Waals surface area (Å²) >= 11 is 0. The molecule has 0 saturated carbocycles. The van der Waals surface area contributed by atoms with E-state index in [0.29, 0.717) is 17.3 Å². The van der Waals surface area contributed by atoms with Gasteiger partial charge in [0.2, 0.25) is 0 Å². The normalized spacial score (nSPS) is 15.6. The van der Waals surface area contributed by atoms with E-state index >= 15 is 0 Å². The lowest BCUT2D eigenvalue weighted by Gasteiger charge is -2.32. The Labute approximate surface area is 152 Å². The molecule has 1 amide bonds. The Morgan fingerprint density at radius 1 is 1.12 bits per heavy atom. The first-order valence-corrected chi connectivity index (χ1v) is 8.87. The van der Waals surface area contributed by atoms with Gasteiger partial charge < -0.3 is 4.90 Å². The van der Waals surface area contributed by atoms with E-state index in [1.807, 2.05) is 49.1 Å². The summed E-state index contributed by atoms with van der Waals surface area (Å²) in [6.45, 7) is 3.35. The lowest BCUT2D eigenvalue weighted by atomic mass is 9.93. The minimum atomic E-state index is 0.0320. The van der Waals surface area contributed by atoms with Crippen molar-refractivity contribution in [1.82, 2.24) is 34.2 Å². The molecule has 8 heteroatoms. The lowest BCUT2D eigenvalue weighted by Crippen LogP contribution is -2.38. The van der Waals surface area contributed by atoms with Crippen LogP contribution in [0, 0.1) is 6.92 Å². The number of piperidine rings is 1. The number of carbonyl (C=O) groups is 1. The second-order valence-corrected chi connectivity index (χ2v) is 6.80. The minimum absolute atomic E-state index is 0.0320. The zero-order valence-corrected chi connectivity index (χ0v) is 15.3. The molecule has 0 bridgehead atoms. The van der Waals surface area contributed by atoms with Gasteiger partial charge in [0.15, 0.2) is 5.82 Å². The van der Waals surface area contributed by atoms with E-state index in [1.165, 1.54) is 5.69 Å². The van der Waals surface area contributed by atoms with Crippen molar-refractivity contribution >= 4 is 5.91 Å². The second-order valence-electron chi connectivity index (χ2n) is 6.80. The van der Waals surface area contributed by atoms with Gasteiger partial charge in [-0.2, -0.15) is 15.3 Å². The Balaban J connectivity index is 1.56. The summed E-state index contributed by atoms with van der Waals surface area (Å²) in [5, 5.41) is 13.0. The topological polar surface area (TPSA) is 73.8 Å². The molecule has 1 aliphatic heterocycles. The minimum Gasteiger partial charge on any atom is -0.338 e. The highest BCUT2D eigenvalue weighted by Gasteiger charge is 2.30. The van der Waals surface area contributed by atoms with Gasteiger partial charge in [0, 0.05) is 57.4 Å². The van der Waals surface area contributed by atoms with Crippen molar-refractivity contribution in [3.05, 3.63) is 47.7 Å². The Morgan fingerprint density at radius 2 is 1.88 bits per heavy atom. The highest BCUT2D eigenvalue weighted by molar-refractivity contribution is 5.98. The van der Waals surface area contributed by atoms with Crippen molar-refractivity contribution < 1.29 is 4.79 Å². The summed E-state index contributed by atoms with van der Waals surface area (Å²) < 4.78 is 5.36. The molecule has 1 fully saturated rings. The standard InChI is InChI=1S/C18H23N7O/c1-13-16(17(23(3)21-13)25-10-4-8-20-25)18(26)24-11-6-14(7-12-24)15-5-9-19-22(15)2/h4-5,8-10,14H,6-7,11-12H2,1-3H3. The highest BCUT2D eigenvalue weighted by atomic mass is 16.2. The first kappa shape index (κ1) is 16.6. The Bertz CT molecular complexity index is 914. The average Bonchev–Trinajstić information content (AvgIpc) is 3.35. The molecule has 0 aliphatic carbocycles. The summed E-state index contributed by atoms with van der Waals surface area (Å²) in [6.07, 6.45) is 7.27. The Kier molecular flexibility index (Phi) is 4.10. The Hall–Kier alpha value is -2.90. The van der Waals surface area contributed by atoms with E-state index in [2.05, 4.69) is 21.4 Å². The van der Waals surface area contributed by atoms with Crippen LogP contribution in [-0.4, -0.2) is 53.2 Å². The predicted octanol–water partition coefficient (Wildman–Crippen LogP) is 1.67. The fourth-order valence-corrected chi connectivity index (χ4v) is 3.87. The van der Waals surface area contributed by atoms with Crippen molar-refractivity contribution in [3.8, 4) is 5.82 Å². The van der Waals surface area contributed by atoms with Gasteiger partial charge in [0.05, 0.1) is 5.69 Å². The molecule has 3 aromatic rings. The van der Waals surface area contributed by atoms with Gasteiger partial charge >= 0.3 is 0 Å². The van der Waals surface area contributed by atoms with Crippen molar-refractivity contribution in [1.29, 1.82) is 0 Å². The van der Waals surface area contributed by atoms with Crippen LogP contribution in [0.3, 0.4) is 0 Å². The number of hydrogen-bond donors (Lipinski definition) is 0. The summed E-state index contributed by atoms with van der Waals surface area (Å²) in [5.41, 5.74) is 2.61. The molecule has 4 heterocycles. The maximum atomic E-state index is 13.2. The predicted molar refractivity (Wildman–Crippen MR) is 96.2 cm³/mol. The zero-order valence-electron chi connectivity index (χ0n) is 15.3. The van der Waals surface area contributed by atoms with E-state index in [0.717, 1.165) is 31.6 Å².